The van der Waals surface area contributed by atoms with Crippen LogP contribution in [0.25, 0.3) is 0 Å². The SMILES string of the molecule is CC(C)(CNC(=O)CO)c1cc(F)ccc1F. The topological polar surface area (TPSA) is 49.3 Å². The quantitative estimate of drug-likeness (QED) is 0.838. The lowest BCUT2D eigenvalue weighted by molar-refractivity contribution is -0.124. The maximum atomic E-state index is 13.5. The number of hydrogen-bond donors (Lipinski definition) is 2. The van der Waals surface area contributed by atoms with Crippen LogP contribution in [-0.2, 0) is 10.2 Å². The fraction of sp³-hybridized carbons (Fsp3) is 0.417. The Hall–Kier alpha value is -1.49. The Labute approximate surface area is 98.5 Å². The van der Waals surface area contributed by atoms with Crippen LogP contribution in [0.4, 0.5) is 8.78 Å². The fourth-order valence-corrected chi connectivity index (χ4v) is 1.49. The van der Waals surface area contributed by atoms with Crippen LogP contribution in [0.2, 0.25) is 0 Å². The van der Waals surface area contributed by atoms with Crippen molar-refractivity contribution in [3.8, 4) is 0 Å². The van der Waals surface area contributed by atoms with Gasteiger partial charge in [0, 0.05) is 12.0 Å². The van der Waals surface area contributed by atoms with Crippen molar-refractivity contribution in [3.05, 3.63) is 35.4 Å². The summed E-state index contributed by atoms with van der Waals surface area (Å²) in [5.74, 6) is -1.59. The summed E-state index contributed by atoms with van der Waals surface area (Å²) in [6.45, 7) is 2.86. The molecule has 1 amide bonds. The van der Waals surface area contributed by atoms with E-state index in [-0.39, 0.29) is 12.1 Å². The summed E-state index contributed by atoms with van der Waals surface area (Å²) in [5.41, 5.74) is -0.562. The van der Waals surface area contributed by atoms with Gasteiger partial charge in [0.2, 0.25) is 5.91 Å². The van der Waals surface area contributed by atoms with Gasteiger partial charge < -0.3 is 10.4 Å². The Morgan fingerprint density at radius 3 is 2.65 bits per heavy atom. The molecule has 94 valence electrons. The molecule has 0 saturated carbocycles. The predicted molar refractivity (Wildman–Crippen MR) is 59.5 cm³/mol. The normalized spacial score (nSPS) is 11.4. The summed E-state index contributed by atoms with van der Waals surface area (Å²) in [5, 5.41) is 11.0. The first-order chi connectivity index (χ1) is 7.86. The zero-order chi connectivity index (χ0) is 13.1. The Kier molecular flexibility index (Phi) is 4.17. The highest BCUT2D eigenvalue weighted by molar-refractivity contribution is 5.76. The Balaban J connectivity index is 2.88. The number of carbonyl (C=O) groups is 1. The van der Waals surface area contributed by atoms with Crippen LogP contribution >= 0.6 is 0 Å². The summed E-state index contributed by atoms with van der Waals surface area (Å²) in [6.07, 6.45) is 0. The highest BCUT2D eigenvalue weighted by Gasteiger charge is 2.25. The molecule has 1 aromatic rings. The molecule has 0 aliphatic carbocycles. The summed E-state index contributed by atoms with van der Waals surface area (Å²) >= 11 is 0. The van der Waals surface area contributed by atoms with Crippen molar-refractivity contribution in [2.75, 3.05) is 13.2 Å². The molecule has 0 aliphatic rings. The minimum absolute atomic E-state index is 0.118. The van der Waals surface area contributed by atoms with Crippen LogP contribution in [0.1, 0.15) is 19.4 Å². The molecule has 0 heterocycles. The summed E-state index contributed by atoms with van der Waals surface area (Å²) in [6, 6.07) is 3.21. The molecule has 0 spiro atoms. The second kappa shape index (κ2) is 5.23. The third-order valence-corrected chi connectivity index (χ3v) is 2.53. The number of halogens is 2. The number of nitrogens with one attached hydrogen (secondary N) is 1. The van der Waals surface area contributed by atoms with Crippen LogP contribution in [0.3, 0.4) is 0 Å². The molecule has 1 aromatic carbocycles. The van der Waals surface area contributed by atoms with Crippen molar-refractivity contribution in [3.63, 3.8) is 0 Å². The maximum Gasteiger partial charge on any atom is 0.245 e. The van der Waals surface area contributed by atoms with E-state index in [1.807, 2.05) is 0 Å². The average Bonchev–Trinajstić information content (AvgIpc) is 2.29. The number of aliphatic hydroxyl groups is 1. The van der Waals surface area contributed by atoms with Crippen molar-refractivity contribution in [1.29, 1.82) is 0 Å². The first-order valence-corrected chi connectivity index (χ1v) is 5.20. The molecule has 1 rings (SSSR count). The third-order valence-electron chi connectivity index (χ3n) is 2.53. The number of carbonyl (C=O) groups excluding carboxylic acids is 1. The predicted octanol–water partition coefficient (Wildman–Crippen LogP) is 1.35. The number of rotatable bonds is 4. The highest BCUT2D eigenvalue weighted by atomic mass is 19.1. The van der Waals surface area contributed by atoms with Gasteiger partial charge in [0.15, 0.2) is 0 Å². The zero-order valence-electron chi connectivity index (χ0n) is 9.76. The maximum absolute atomic E-state index is 13.5. The highest BCUT2D eigenvalue weighted by Crippen LogP contribution is 2.25. The summed E-state index contributed by atoms with van der Waals surface area (Å²) in [4.78, 5) is 10.9. The molecule has 3 nitrogen and oxygen atoms in total. The van der Waals surface area contributed by atoms with Gasteiger partial charge in [-0.1, -0.05) is 13.8 Å². The molecule has 0 unspecified atom stereocenters. The second-order valence-electron chi connectivity index (χ2n) is 4.44. The van der Waals surface area contributed by atoms with Crippen molar-refractivity contribution in [1.82, 2.24) is 5.32 Å². The van der Waals surface area contributed by atoms with E-state index in [2.05, 4.69) is 5.32 Å². The zero-order valence-corrected chi connectivity index (χ0v) is 9.76. The molecule has 0 aromatic heterocycles. The van der Waals surface area contributed by atoms with Crippen LogP contribution < -0.4 is 5.32 Å². The lowest BCUT2D eigenvalue weighted by Gasteiger charge is -2.26. The molecule has 0 fully saturated rings. The number of hydrogen-bond acceptors (Lipinski definition) is 2. The van der Waals surface area contributed by atoms with Crippen molar-refractivity contribution in [2.24, 2.45) is 0 Å². The largest absolute Gasteiger partial charge is 0.387 e. The first-order valence-electron chi connectivity index (χ1n) is 5.20. The standard InChI is InChI=1S/C12H15F2NO2/c1-12(2,7-15-11(17)6-16)9-5-8(13)3-4-10(9)14/h3-5,16H,6-7H2,1-2H3,(H,15,17). The van der Waals surface area contributed by atoms with Crippen molar-refractivity contribution < 1.29 is 18.7 Å². The molecule has 5 heteroatoms. The Morgan fingerprint density at radius 2 is 2.06 bits per heavy atom. The molecule has 17 heavy (non-hydrogen) atoms. The first kappa shape index (κ1) is 13.6. The van der Waals surface area contributed by atoms with Gasteiger partial charge in [0.05, 0.1) is 0 Å². The van der Waals surface area contributed by atoms with Gasteiger partial charge in [-0.25, -0.2) is 8.78 Å². The molecule has 0 bridgehead atoms. The van der Waals surface area contributed by atoms with E-state index >= 15 is 0 Å². The van der Waals surface area contributed by atoms with E-state index in [1.165, 1.54) is 0 Å². The van der Waals surface area contributed by atoms with Crippen molar-refractivity contribution in [2.45, 2.75) is 19.3 Å². The van der Waals surface area contributed by atoms with Crippen molar-refractivity contribution >= 4 is 5.91 Å². The van der Waals surface area contributed by atoms with Gasteiger partial charge in [0.1, 0.15) is 18.2 Å². The van der Waals surface area contributed by atoms with Gasteiger partial charge in [-0.15, -0.1) is 0 Å². The summed E-state index contributed by atoms with van der Waals surface area (Å²) in [7, 11) is 0. The van der Waals surface area contributed by atoms with Crippen LogP contribution in [0.15, 0.2) is 18.2 Å². The molecule has 0 atom stereocenters. The molecule has 2 N–H and O–H groups in total. The third kappa shape index (κ3) is 3.49. The smallest absolute Gasteiger partial charge is 0.245 e. The Morgan fingerprint density at radius 1 is 1.41 bits per heavy atom. The minimum atomic E-state index is -0.753. The van der Waals surface area contributed by atoms with E-state index in [4.69, 9.17) is 5.11 Å². The number of amides is 1. The molecular formula is C12H15F2NO2. The fourth-order valence-electron chi connectivity index (χ4n) is 1.49. The van der Waals surface area contributed by atoms with Crippen LogP contribution in [0.5, 0.6) is 0 Å². The minimum Gasteiger partial charge on any atom is -0.387 e. The molecule has 0 aliphatic heterocycles. The average molecular weight is 243 g/mol. The van der Waals surface area contributed by atoms with Gasteiger partial charge in [0.25, 0.3) is 0 Å². The lowest BCUT2D eigenvalue weighted by atomic mass is 9.84. The lowest BCUT2D eigenvalue weighted by Crippen LogP contribution is -2.38. The van der Waals surface area contributed by atoms with Gasteiger partial charge >= 0.3 is 0 Å². The van der Waals surface area contributed by atoms with E-state index in [1.54, 1.807) is 13.8 Å². The molecular weight excluding hydrogens is 228 g/mol. The molecule has 0 radical (unpaired) electrons. The van der Waals surface area contributed by atoms with E-state index in [9.17, 15) is 13.6 Å². The van der Waals surface area contributed by atoms with Crippen LogP contribution in [0, 0.1) is 11.6 Å². The van der Waals surface area contributed by atoms with Gasteiger partial charge in [-0.2, -0.15) is 0 Å². The van der Waals surface area contributed by atoms with E-state index in [0.717, 1.165) is 18.2 Å². The van der Waals surface area contributed by atoms with E-state index in [0.29, 0.717) is 0 Å². The monoisotopic (exact) mass is 243 g/mol. The van der Waals surface area contributed by atoms with Gasteiger partial charge in [-0.3, -0.25) is 4.79 Å². The Bertz CT molecular complexity index is 419. The second-order valence-corrected chi connectivity index (χ2v) is 4.44. The van der Waals surface area contributed by atoms with Crippen LogP contribution in [-0.4, -0.2) is 24.2 Å². The molecule has 0 saturated heterocycles. The number of benzene rings is 1. The van der Waals surface area contributed by atoms with Gasteiger partial charge in [-0.05, 0) is 23.8 Å². The summed E-state index contributed by atoms with van der Waals surface area (Å²) < 4.78 is 26.6. The number of aliphatic hydroxyl groups excluding tert-OH is 1. The van der Waals surface area contributed by atoms with E-state index < -0.39 is 29.6 Å².